The predicted octanol–water partition coefficient (Wildman–Crippen LogP) is 2.92. The SMILES string of the molecule is Cn1cc(-c2[nH]ncc2C(=O)O)c2cccc(Cl)c21. The van der Waals surface area contributed by atoms with E-state index in [1.807, 2.05) is 29.9 Å². The van der Waals surface area contributed by atoms with Gasteiger partial charge in [0.25, 0.3) is 0 Å². The zero-order chi connectivity index (χ0) is 13.6. The summed E-state index contributed by atoms with van der Waals surface area (Å²) in [5.41, 5.74) is 2.27. The van der Waals surface area contributed by atoms with Crippen LogP contribution in [0, 0.1) is 0 Å². The van der Waals surface area contributed by atoms with Crippen LogP contribution in [0.2, 0.25) is 5.02 Å². The fourth-order valence-corrected chi connectivity index (χ4v) is 2.58. The molecule has 0 atom stereocenters. The van der Waals surface area contributed by atoms with Crippen molar-refractivity contribution in [2.24, 2.45) is 7.05 Å². The number of carbonyl (C=O) groups is 1. The van der Waals surface area contributed by atoms with Gasteiger partial charge in [0.05, 0.1) is 22.4 Å². The molecule has 0 aliphatic carbocycles. The maximum absolute atomic E-state index is 11.2. The van der Waals surface area contributed by atoms with Gasteiger partial charge in [0.2, 0.25) is 0 Å². The van der Waals surface area contributed by atoms with Crippen molar-refractivity contribution in [2.45, 2.75) is 0 Å². The molecule has 0 aliphatic rings. The van der Waals surface area contributed by atoms with Crippen molar-refractivity contribution in [3.05, 3.63) is 41.2 Å². The monoisotopic (exact) mass is 275 g/mol. The van der Waals surface area contributed by atoms with Crippen molar-refractivity contribution in [3.63, 3.8) is 0 Å². The minimum atomic E-state index is -1.01. The van der Waals surface area contributed by atoms with E-state index in [-0.39, 0.29) is 5.56 Å². The third-order valence-electron chi connectivity index (χ3n) is 3.09. The van der Waals surface area contributed by atoms with Crippen molar-refractivity contribution in [3.8, 4) is 11.3 Å². The minimum Gasteiger partial charge on any atom is -0.478 e. The van der Waals surface area contributed by atoms with Gasteiger partial charge in [-0.1, -0.05) is 23.7 Å². The molecule has 6 heteroatoms. The Morgan fingerprint density at radius 2 is 2.26 bits per heavy atom. The van der Waals surface area contributed by atoms with Crippen molar-refractivity contribution in [2.75, 3.05) is 0 Å². The first-order valence-electron chi connectivity index (χ1n) is 5.60. The van der Waals surface area contributed by atoms with E-state index in [0.29, 0.717) is 10.7 Å². The number of benzene rings is 1. The second-order valence-corrected chi connectivity index (χ2v) is 4.66. The van der Waals surface area contributed by atoms with Crippen LogP contribution in [0.15, 0.2) is 30.6 Å². The van der Waals surface area contributed by atoms with Gasteiger partial charge >= 0.3 is 5.97 Å². The van der Waals surface area contributed by atoms with Crippen molar-refractivity contribution in [1.29, 1.82) is 0 Å². The van der Waals surface area contributed by atoms with Crippen LogP contribution in [0.1, 0.15) is 10.4 Å². The molecule has 2 aromatic heterocycles. The summed E-state index contributed by atoms with van der Waals surface area (Å²) >= 11 is 6.18. The second kappa shape index (κ2) is 4.13. The number of rotatable bonds is 2. The molecule has 0 fully saturated rings. The van der Waals surface area contributed by atoms with E-state index in [4.69, 9.17) is 16.7 Å². The molecule has 0 aliphatic heterocycles. The van der Waals surface area contributed by atoms with Crippen molar-refractivity contribution < 1.29 is 9.90 Å². The molecule has 3 rings (SSSR count). The van der Waals surface area contributed by atoms with Crippen molar-refractivity contribution >= 4 is 28.5 Å². The van der Waals surface area contributed by atoms with E-state index in [1.54, 1.807) is 6.07 Å². The Kier molecular flexibility index (Phi) is 2.57. The molecule has 0 spiro atoms. The molecule has 0 saturated carbocycles. The number of carboxylic acids is 1. The summed E-state index contributed by atoms with van der Waals surface area (Å²) in [5.74, 6) is -1.01. The smallest absolute Gasteiger partial charge is 0.339 e. The van der Waals surface area contributed by atoms with Crippen LogP contribution in [0.5, 0.6) is 0 Å². The number of hydrogen-bond acceptors (Lipinski definition) is 2. The van der Waals surface area contributed by atoms with Crippen LogP contribution in [0.4, 0.5) is 0 Å². The summed E-state index contributed by atoms with van der Waals surface area (Å²) in [5, 5.41) is 17.2. The molecular formula is C13H10ClN3O2. The fourth-order valence-electron chi connectivity index (χ4n) is 2.27. The lowest BCUT2D eigenvalue weighted by molar-refractivity contribution is 0.0698. The Morgan fingerprint density at radius 3 is 3.00 bits per heavy atom. The normalized spacial score (nSPS) is 11.1. The number of nitrogens with zero attached hydrogens (tertiary/aromatic N) is 2. The van der Waals surface area contributed by atoms with Gasteiger partial charge in [-0.05, 0) is 6.07 Å². The van der Waals surface area contributed by atoms with Crippen molar-refractivity contribution in [1.82, 2.24) is 14.8 Å². The van der Waals surface area contributed by atoms with E-state index in [9.17, 15) is 4.79 Å². The predicted molar refractivity (Wildman–Crippen MR) is 72.5 cm³/mol. The van der Waals surface area contributed by atoms with Crippen LogP contribution in [-0.4, -0.2) is 25.8 Å². The Balaban J connectivity index is 2.35. The summed E-state index contributed by atoms with van der Waals surface area (Å²) in [6.07, 6.45) is 3.15. The number of aromatic amines is 1. The van der Waals surface area contributed by atoms with E-state index in [0.717, 1.165) is 16.5 Å². The number of hydrogen-bond donors (Lipinski definition) is 2. The van der Waals surface area contributed by atoms with Gasteiger partial charge in [-0.2, -0.15) is 5.10 Å². The number of halogens is 1. The van der Waals surface area contributed by atoms with E-state index >= 15 is 0 Å². The van der Waals surface area contributed by atoms with Crippen LogP contribution < -0.4 is 0 Å². The number of aromatic nitrogens is 3. The quantitative estimate of drug-likeness (QED) is 0.755. The zero-order valence-corrected chi connectivity index (χ0v) is 10.8. The summed E-state index contributed by atoms with van der Waals surface area (Å²) in [4.78, 5) is 11.2. The van der Waals surface area contributed by atoms with Crippen LogP contribution in [-0.2, 0) is 7.05 Å². The fraction of sp³-hybridized carbons (Fsp3) is 0.0769. The highest BCUT2D eigenvalue weighted by Crippen LogP contribution is 2.34. The molecule has 0 unspecified atom stereocenters. The Hall–Kier alpha value is -2.27. The first-order valence-corrected chi connectivity index (χ1v) is 5.98. The first kappa shape index (κ1) is 11.8. The number of aryl methyl sites for hydroxylation is 1. The Labute approximate surface area is 113 Å². The molecule has 0 bridgehead atoms. The minimum absolute atomic E-state index is 0.146. The van der Waals surface area contributed by atoms with Gasteiger partial charge in [-0.25, -0.2) is 4.79 Å². The topological polar surface area (TPSA) is 70.9 Å². The van der Waals surface area contributed by atoms with Gasteiger partial charge in [-0.15, -0.1) is 0 Å². The highest BCUT2D eigenvalue weighted by Gasteiger charge is 2.18. The molecule has 19 heavy (non-hydrogen) atoms. The summed E-state index contributed by atoms with van der Waals surface area (Å²) < 4.78 is 1.87. The Morgan fingerprint density at radius 1 is 1.47 bits per heavy atom. The number of fused-ring (bicyclic) bond motifs is 1. The van der Waals surface area contributed by atoms with Gasteiger partial charge < -0.3 is 9.67 Å². The molecule has 3 aromatic rings. The lowest BCUT2D eigenvalue weighted by Crippen LogP contribution is -1.96. The standard InChI is InChI=1S/C13H10ClN3O2/c1-17-6-9(7-3-2-4-10(14)12(7)17)11-8(13(18)19)5-15-16-11/h2-6H,1H3,(H,15,16)(H,18,19). The molecule has 1 aromatic carbocycles. The number of aromatic carboxylic acids is 1. The third-order valence-corrected chi connectivity index (χ3v) is 3.40. The van der Waals surface area contributed by atoms with E-state index < -0.39 is 5.97 Å². The van der Waals surface area contributed by atoms with Crippen LogP contribution in [0.25, 0.3) is 22.2 Å². The summed E-state index contributed by atoms with van der Waals surface area (Å²) in [6.45, 7) is 0. The highest BCUT2D eigenvalue weighted by atomic mass is 35.5. The number of nitrogens with one attached hydrogen (secondary N) is 1. The Bertz CT molecular complexity index is 788. The number of carboxylic acid groups (broad SMARTS) is 1. The molecule has 5 nitrogen and oxygen atoms in total. The lowest BCUT2D eigenvalue weighted by Gasteiger charge is -1.99. The second-order valence-electron chi connectivity index (χ2n) is 4.25. The first-order chi connectivity index (χ1) is 9.09. The maximum Gasteiger partial charge on any atom is 0.339 e. The van der Waals surface area contributed by atoms with Crippen LogP contribution >= 0.6 is 11.6 Å². The molecule has 0 saturated heterocycles. The average molecular weight is 276 g/mol. The number of para-hydroxylation sites is 1. The van der Waals surface area contributed by atoms with Crippen LogP contribution in [0.3, 0.4) is 0 Å². The zero-order valence-electron chi connectivity index (χ0n) is 10.0. The molecule has 0 amide bonds. The van der Waals surface area contributed by atoms with Gasteiger partial charge in [0.15, 0.2) is 0 Å². The highest BCUT2D eigenvalue weighted by molar-refractivity contribution is 6.35. The van der Waals surface area contributed by atoms with Gasteiger partial charge in [-0.3, -0.25) is 5.10 Å². The van der Waals surface area contributed by atoms with Gasteiger partial charge in [0, 0.05) is 24.2 Å². The molecule has 2 N–H and O–H groups in total. The lowest BCUT2D eigenvalue weighted by atomic mass is 10.1. The van der Waals surface area contributed by atoms with E-state index in [2.05, 4.69) is 10.2 Å². The maximum atomic E-state index is 11.2. The molecule has 96 valence electrons. The molecular weight excluding hydrogens is 266 g/mol. The summed E-state index contributed by atoms with van der Waals surface area (Å²) in [6, 6.07) is 5.55. The average Bonchev–Trinajstić information content (AvgIpc) is 2.94. The molecule has 2 heterocycles. The molecule has 0 radical (unpaired) electrons. The largest absolute Gasteiger partial charge is 0.478 e. The summed E-state index contributed by atoms with van der Waals surface area (Å²) in [7, 11) is 1.87. The number of H-pyrrole nitrogens is 1. The third kappa shape index (κ3) is 1.70. The van der Waals surface area contributed by atoms with E-state index in [1.165, 1.54) is 6.20 Å². The van der Waals surface area contributed by atoms with Gasteiger partial charge in [0.1, 0.15) is 5.56 Å².